The standard InChI is InChI=1S/C17H29BO4/c1-7-12(2)15(19)20-14-10-8-13(9-11-14)18-21-16(3,4)17(5,6)22-18/h8,12,14H,7,9-11H2,1-6H3. The third-order valence-electron chi connectivity index (χ3n) is 5.25. The largest absolute Gasteiger partial charge is 0.490 e. The van der Waals surface area contributed by atoms with E-state index in [2.05, 4.69) is 33.8 Å². The van der Waals surface area contributed by atoms with Gasteiger partial charge < -0.3 is 14.0 Å². The van der Waals surface area contributed by atoms with Crippen LogP contribution < -0.4 is 0 Å². The second-order valence-electron chi connectivity index (χ2n) is 7.51. The van der Waals surface area contributed by atoms with Gasteiger partial charge in [-0.3, -0.25) is 4.79 Å². The Morgan fingerprint density at radius 3 is 2.41 bits per heavy atom. The van der Waals surface area contributed by atoms with Gasteiger partial charge in [-0.25, -0.2) is 0 Å². The van der Waals surface area contributed by atoms with Gasteiger partial charge >= 0.3 is 13.1 Å². The minimum absolute atomic E-state index is 0.00678. The van der Waals surface area contributed by atoms with Crippen molar-refractivity contribution in [3.8, 4) is 0 Å². The number of carbonyl (C=O) groups excluding carboxylic acids is 1. The first-order valence-electron chi connectivity index (χ1n) is 8.41. The van der Waals surface area contributed by atoms with E-state index in [0.29, 0.717) is 0 Å². The van der Waals surface area contributed by atoms with Crippen LogP contribution in [0.2, 0.25) is 0 Å². The fourth-order valence-corrected chi connectivity index (χ4v) is 2.59. The van der Waals surface area contributed by atoms with Crippen molar-refractivity contribution in [1.29, 1.82) is 0 Å². The smallest absolute Gasteiger partial charge is 0.462 e. The molecule has 1 aliphatic heterocycles. The minimum Gasteiger partial charge on any atom is -0.462 e. The molecule has 124 valence electrons. The maximum absolute atomic E-state index is 11.9. The van der Waals surface area contributed by atoms with Crippen molar-refractivity contribution >= 4 is 13.1 Å². The molecule has 1 aliphatic carbocycles. The Morgan fingerprint density at radius 1 is 1.36 bits per heavy atom. The highest BCUT2D eigenvalue weighted by atomic mass is 16.7. The highest BCUT2D eigenvalue weighted by Gasteiger charge is 2.52. The molecular formula is C17H29BO4. The molecule has 1 fully saturated rings. The molecule has 2 unspecified atom stereocenters. The van der Waals surface area contributed by atoms with Crippen molar-refractivity contribution in [2.45, 2.75) is 84.5 Å². The highest BCUT2D eigenvalue weighted by molar-refractivity contribution is 6.54. The van der Waals surface area contributed by atoms with E-state index in [1.807, 2.05) is 13.8 Å². The molecular weight excluding hydrogens is 279 g/mol. The molecule has 0 saturated carbocycles. The molecule has 0 amide bonds. The van der Waals surface area contributed by atoms with Gasteiger partial charge in [-0.15, -0.1) is 0 Å². The first-order valence-corrected chi connectivity index (χ1v) is 8.41. The molecule has 1 saturated heterocycles. The van der Waals surface area contributed by atoms with Crippen LogP contribution >= 0.6 is 0 Å². The lowest BCUT2D eigenvalue weighted by molar-refractivity contribution is -0.153. The van der Waals surface area contributed by atoms with E-state index in [1.54, 1.807) is 0 Å². The second-order valence-corrected chi connectivity index (χ2v) is 7.51. The molecule has 0 spiro atoms. The summed E-state index contributed by atoms with van der Waals surface area (Å²) in [5, 5.41) is 0. The number of rotatable bonds is 4. The van der Waals surface area contributed by atoms with Crippen molar-refractivity contribution in [3.63, 3.8) is 0 Å². The van der Waals surface area contributed by atoms with Crippen molar-refractivity contribution in [2.24, 2.45) is 5.92 Å². The third-order valence-corrected chi connectivity index (χ3v) is 5.25. The van der Waals surface area contributed by atoms with Crippen molar-refractivity contribution in [2.75, 3.05) is 0 Å². The van der Waals surface area contributed by atoms with E-state index in [4.69, 9.17) is 14.0 Å². The summed E-state index contributed by atoms with van der Waals surface area (Å²) in [4.78, 5) is 11.9. The van der Waals surface area contributed by atoms with Crippen LogP contribution in [0.15, 0.2) is 11.5 Å². The number of allylic oxidation sites excluding steroid dienone is 1. The molecule has 0 aromatic rings. The summed E-state index contributed by atoms with van der Waals surface area (Å²) >= 11 is 0. The van der Waals surface area contributed by atoms with Crippen LogP contribution in [-0.4, -0.2) is 30.4 Å². The Labute approximate surface area is 134 Å². The summed E-state index contributed by atoms with van der Waals surface area (Å²) in [6.07, 6.45) is 5.39. The molecule has 2 atom stereocenters. The lowest BCUT2D eigenvalue weighted by Crippen LogP contribution is -2.41. The van der Waals surface area contributed by atoms with E-state index >= 15 is 0 Å². The van der Waals surface area contributed by atoms with Gasteiger partial charge in [-0.1, -0.05) is 19.9 Å². The third kappa shape index (κ3) is 3.57. The lowest BCUT2D eigenvalue weighted by Gasteiger charge is -2.32. The number of carbonyl (C=O) groups is 1. The van der Waals surface area contributed by atoms with Crippen molar-refractivity contribution in [3.05, 3.63) is 11.5 Å². The van der Waals surface area contributed by atoms with Gasteiger partial charge in [0.05, 0.1) is 17.1 Å². The van der Waals surface area contributed by atoms with Gasteiger partial charge in [0.25, 0.3) is 0 Å². The monoisotopic (exact) mass is 308 g/mol. The predicted molar refractivity (Wildman–Crippen MR) is 87.4 cm³/mol. The number of hydrogen-bond acceptors (Lipinski definition) is 4. The van der Waals surface area contributed by atoms with Crippen LogP contribution in [0.4, 0.5) is 0 Å². The van der Waals surface area contributed by atoms with Gasteiger partial charge in [-0.2, -0.15) is 0 Å². The number of esters is 1. The molecule has 2 aliphatic rings. The van der Waals surface area contributed by atoms with Gasteiger partial charge in [0.2, 0.25) is 0 Å². The Morgan fingerprint density at radius 2 is 1.95 bits per heavy atom. The maximum atomic E-state index is 11.9. The molecule has 0 aromatic heterocycles. The Hall–Kier alpha value is -0.805. The van der Waals surface area contributed by atoms with Gasteiger partial charge in [-0.05, 0) is 52.4 Å². The fraction of sp³-hybridized carbons (Fsp3) is 0.824. The molecule has 22 heavy (non-hydrogen) atoms. The van der Waals surface area contributed by atoms with Crippen LogP contribution in [0.5, 0.6) is 0 Å². The Bertz CT molecular complexity index is 440. The molecule has 5 heteroatoms. The van der Waals surface area contributed by atoms with E-state index in [0.717, 1.165) is 25.7 Å². The summed E-state index contributed by atoms with van der Waals surface area (Å²) in [5.74, 6) is -0.103. The lowest BCUT2D eigenvalue weighted by atomic mass is 9.72. The quantitative estimate of drug-likeness (QED) is 0.587. The molecule has 0 bridgehead atoms. The molecule has 4 nitrogen and oxygen atoms in total. The summed E-state index contributed by atoms with van der Waals surface area (Å²) in [6, 6.07) is 0. The first kappa shape index (κ1) is 17.5. The zero-order valence-corrected chi connectivity index (χ0v) is 14.8. The van der Waals surface area contributed by atoms with E-state index < -0.39 is 0 Å². The predicted octanol–water partition coefficient (Wildman–Crippen LogP) is 3.69. The van der Waals surface area contributed by atoms with E-state index in [-0.39, 0.29) is 36.3 Å². The van der Waals surface area contributed by atoms with Crippen LogP contribution in [0.3, 0.4) is 0 Å². The summed E-state index contributed by atoms with van der Waals surface area (Å²) < 4.78 is 17.7. The molecule has 0 radical (unpaired) electrons. The van der Waals surface area contributed by atoms with Crippen molar-refractivity contribution in [1.82, 2.24) is 0 Å². The van der Waals surface area contributed by atoms with Gasteiger partial charge in [0.1, 0.15) is 6.10 Å². The number of ether oxygens (including phenoxy) is 1. The zero-order valence-electron chi connectivity index (χ0n) is 14.8. The maximum Gasteiger partial charge on any atom is 0.490 e. The van der Waals surface area contributed by atoms with E-state index in [9.17, 15) is 4.79 Å². The van der Waals surface area contributed by atoms with Crippen LogP contribution in [-0.2, 0) is 18.8 Å². The molecule has 0 N–H and O–H groups in total. The normalized spacial score (nSPS) is 28.2. The first-order chi connectivity index (χ1) is 10.2. The van der Waals surface area contributed by atoms with Crippen LogP contribution in [0.25, 0.3) is 0 Å². The topological polar surface area (TPSA) is 44.8 Å². The molecule has 1 heterocycles. The fourth-order valence-electron chi connectivity index (χ4n) is 2.59. The Balaban J connectivity index is 1.92. The van der Waals surface area contributed by atoms with Crippen molar-refractivity contribution < 1.29 is 18.8 Å². The summed E-state index contributed by atoms with van der Waals surface area (Å²) in [5.41, 5.74) is 0.561. The second kappa shape index (κ2) is 6.36. The zero-order chi connectivity index (χ0) is 16.5. The van der Waals surface area contributed by atoms with Gasteiger partial charge in [0, 0.05) is 6.42 Å². The number of hydrogen-bond donors (Lipinski definition) is 0. The average molecular weight is 308 g/mol. The highest BCUT2D eigenvalue weighted by Crippen LogP contribution is 2.40. The van der Waals surface area contributed by atoms with E-state index in [1.165, 1.54) is 5.47 Å². The average Bonchev–Trinajstić information content (AvgIpc) is 2.67. The molecule has 2 rings (SSSR count). The minimum atomic E-state index is -0.307. The SMILES string of the molecule is CCC(C)C(=O)OC1CC=C(B2OC(C)(C)C(C)(C)O2)CC1. The van der Waals surface area contributed by atoms with Crippen LogP contribution in [0, 0.1) is 5.92 Å². The van der Waals surface area contributed by atoms with Gasteiger partial charge in [0.15, 0.2) is 0 Å². The molecule has 0 aromatic carbocycles. The Kier molecular flexibility index (Phi) is 5.08. The van der Waals surface area contributed by atoms with Crippen LogP contribution in [0.1, 0.15) is 67.2 Å². The summed E-state index contributed by atoms with van der Waals surface area (Å²) in [7, 11) is -0.267. The summed E-state index contributed by atoms with van der Waals surface area (Å²) in [6.45, 7) is 12.2.